The van der Waals surface area contributed by atoms with Gasteiger partial charge in [-0.05, 0) is 37.6 Å². The summed E-state index contributed by atoms with van der Waals surface area (Å²) in [7, 11) is 0. The van der Waals surface area contributed by atoms with Gasteiger partial charge in [-0.25, -0.2) is 0 Å². The minimum atomic E-state index is 0.519. The van der Waals surface area contributed by atoms with Crippen LogP contribution >= 0.6 is 0 Å². The molecule has 1 N–H and O–H groups in total. The van der Waals surface area contributed by atoms with Crippen LogP contribution in [-0.2, 0) is 0 Å². The Balaban J connectivity index is 1.95. The molecule has 0 aromatic heterocycles. The van der Waals surface area contributed by atoms with E-state index in [2.05, 4.69) is 19.2 Å². The van der Waals surface area contributed by atoms with Crippen molar-refractivity contribution in [3.63, 3.8) is 0 Å². The molecule has 2 fully saturated rings. The second-order valence-corrected chi connectivity index (χ2v) is 5.34. The van der Waals surface area contributed by atoms with Crippen LogP contribution in [0.2, 0.25) is 0 Å². The molecule has 1 heteroatoms. The van der Waals surface area contributed by atoms with E-state index in [0.29, 0.717) is 5.54 Å². The van der Waals surface area contributed by atoms with E-state index in [1.807, 2.05) is 0 Å². The van der Waals surface area contributed by atoms with E-state index in [1.54, 1.807) is 0 Å². The van der Waals surface area contributed by atoms with Crippen molar-refractivity contribution in [2.24, 2.45) is 11.8 Å². The Morgan fingerprint density at radius 2 is 2.08 bits per heavy atom. The summed E-state index contributed by atoms with van der Waals surface area (Å²) in [5, 5.41) is 3.77. The van der Waals surface area contributed by atoms with Crippen molar-refractivity contribution in [1.82, 2.24) is 5.32 Å². The van der Waals surface area contributed by atoms with Crippen molar-refractivity contribution in [3.8, 4) is 0 Å². The summed E-state index contributed by atoms with van der Waals surface area (Å²) in [6.07, 6.45) is 8.74. The highest BCUT2D eigenvalue weighted by atomic mass is 15.0. The van der Waals surface area contributed by atoms with Crippen molar-refractivity contribution < 1.29 is 0 Å². The molecular weight excluding hydrogens is 158 g/mol. The van der Waals surface area contributed by atoms with Gasteiger partial charge in [0.25, 0.3) is 0 Å². The first-order valence-electron chi connectivity index (χ1n) is 5.98. The number of hydrogen-bond donors (Lipinski definition) is 1. The molecule has 1 saturated heterocycles. The minimum absolute atomic E-state index is 0.519. The first-order valence-corrected chi connectivity index (χ1v) is 5.98. The van der Waals surface area contributed by atoms with Gasteiger partial charge < -0.3 is 5.32 Å². The van der Waals surface area contributed by atoms with Gasteiger partial charge in [-0.1, -0.05) is 33.1 Å². The van der Waals surface area contributed by atoms with Crippen LogP contribution in [0.4, 0.5) is 0 Å². The molecule has 1 heterocycles. The molecule has 2 aliphatic rings. The number of rotatable bonds is 3. The van der Waals surface area contributed by atoms with Gasteiger partial charge in [0.1, 0.15) is 0 Å². The van der Waals surface area contributed by atoms with Crippen molar-refractivity contribution in [1.29, 1.82) is 0 Å². The Morgan fingerprint density at radius 3 is 2.46 bits per heavy atom. The van der Waals surface area contributed by atoms with Gasteiger partial charge in [-0.2, -0.15) is 0 Å². The van der Waals surface area contributed by atoms with Crippen LogP contribution in [0.5, 0.6) is 0 Å². The van der Waals surface area contributed by atoms with Gasteiger partial charge in [-0.15, -0.1) is 0 Å². The molecule has 1 atom stereocenters. The van der Waals surface area contributed by atoms with E-state index in [4.69, 9.17) is 0 Å². The highest BCUT2D eigenvalue weighted by Crippen LogP contribution is 2.40. The van der Waals surface area contributed by atoms with Crippen LogP contribution in [0.1, 0.15) is 52.4 Å². The Morgan fingerprint density at radius 1 is 1.31 bits per heavy atom. The standard InChI is InChI=1S/C12H23N/c1-10(2)12(7-4-8-13-12)9-11-5-3-6-11/h10-11,13H,3-9H2,1-2H3. The molecule has 0 amide bonds. The molecule has 2 rings (SSSR count). The van der Waals surface area contributed by atoms with E-state index in [-0.39, 0.29) is 0 Å². The fraction of sp³-hybridized carbons (Fsp3) is 1.00. The summed E-state index contributed by atoms with van der Waals surface area (Å²) in [6, 6.07) is 0. The topological polar surface area (TPSA) is 12.0 Å². The Bertz CT molecular complexity index is 164. The van der Waals surface area contributed by atoms with Gasteiger partial charge in [0.05, 0.1) is 0 Å². The first-order chi connectivity index (χ1) is 6.23. The normalized spacial score (nSPS) is 35.3. The second kappa shape index (κ2) is 3.61. The van der Waals surface area contributed by atoms with Gasteiger partial charge in [-0.3, -0.25) is 0 Å². The van der Waals surface area contributed by atoms with Gasteiger partial charge in [0.15, 0.2) is 0 Å². The number of hydrogen-bond acceptors (Lipinski definition) is 1. The zero-order chi connectivity index (χ0) is 9.31. The predicted octanol–water partition coefficient (Wildman–Crippen LogP) is 2.95. The molecule has 0 aromatic carbocycles. The van der Waals surface area contributed by atoms with E-state index < -0.39 is 0 Å². The lowest BCUT2D eigenvalue weighted by molar-refractivity contribution is 0.164. The van der Waals surface area contributed by atoms with Crippen molar-refractivity contribution in [2.45, 2.75) is 57.9 Å². The number of nitrogens with one attached hydrogen (secondary N) is 1. The zero-order valence-corrected chi connectivity index (χ0v) is 9.10. The highest BCUT2D eigenvalue weighted by Gasteiger charge is 2.39. The van der Waals surface area contributed by atoms with E-state index in [9.17, 15) is 0 Å². The molecule has 1 nitrogen and oxygen atoms in total. The third-order valence-electron chi connectivity index (χ3n) is 4.26. The third kappa shape index (κ3) is 1.76. The molecule has 1 aliphatic heterocycles. The molecule has 13 heavy (non-hydrogen) atoms. The SMILES string of the molecule is CC(C)C1(CC2CCC2)CCCN1. The Kier molecular flexibility index (Phi) is 2.64. The average Bonchev–Trinajstić information content (AvgIpc) is 2.46. The van der Waals surface area contributed by atoms with Crippen molar-refractivity contribution in [2.75, 3.05) is 6.54 Å². The summed E-state index contributed by atoms with van der Waals surface area (Å²) in [5.41, 5.74) is 0.519. The third-order valence-corrected chi connectivity index (χ3v) is 4.26. The summed E-state index contributed by atoms with van der Waals surface area (Å²) in [6.45, 7) is 6.03. The molecule has 0 radical (unpaired) electrons. The largest absolute Gasteiger partial charge is 0.311 e. The maximum atomic E-state index is 3.77. The Hall–Kier alpha value is -0.0400. The smallest absolute Gasteiger partial charge is 0.0207 e. The van der Waals surface area contributed by atoms with Crippen LogP contribution < -0.4 is 5.32 Å². The molecule has 1 unspecified atom stereocenters. The summed E-state index contributed by atoms with van der Waals surface area (Å²) in [5.74, 6) is 1.86. The lowest BCUT2D eigenvalue weighted by atomic mass is 9.71. The molecule has 1 saturated carbocycles. The second-order valence-electron chi connectivity index (χ2n) is 5.34. The molecule has 0 bridgehead atoms. The van der Waals surface area contributed by atoms with E-state index in [1.165, 1.54) is 45.1 Å². The Labute approximate surface area is 82.3 Å². The summed E-state index contributed by atoms with van der Waals surface area (Å²) in [4.78, 5) is 0. The van der Waals surface area contributed by atoms with Crippen molar-refractivity contribution in [3.05, 3.63) is 0 Å². The van der Waals surface area contributed by atoms with Crippen molar-refractivity contribution >= 4 is 0 Å². The fourth-order valence-corrected chi connectivity index (χ4v) is 2.94. The molecule has 0 aromatic rings. The van der Waals surface area contributed by atoms with E-state index >= 15 is 0 Å². The quantitative estimate of drug-likeness (QED) is 0.706. The molecular formula is C12H23N. The predicted molar refractivity (Wildman–Crippen MR) is 56.8 cm³/mol. The summed E-state index contributed by atoms with van der Waals surface area (Å²) >= 11 is 0. The van der Waals surface area contributed by atoms with Gasteiger partial charge >= 0.3 is 0 Å². The highest BCUT2D eigenvalue weighted by molar-refractivity contribution is 4.97. The molecule has 76 valence electrons. The maximum absolute atomic E-state index is 3.77. The van der Waals surface area contributed by atoms with Crippen LogP contribution in [0.3, 0.4) is 0 Å². The van der Waals surface area contributed by atoms with Crippen LogP contribution in [0.15, 0.2) is 0 Å². The van der Waals surface area contributed by atoms with Crippen LogP contribution in [-0.4, -0.2) is 12.1 Å². The lowest BCUT2D eigenvalue weighted by Crippen LogP contribution is -2.47. The van der Waals surface area contributed by atoms with Gasteiger partial charge in [0, 0.05) is 5.54 Å². The fourth-order valence-electron chi connectivity index (χ4n) is 2.94. The lowest BCUT2D eigenvalue weighted by Gasteiger charge is -2.40. The van der Waals surface area contributed by atoms with Crippen LogP contribution in [0, 0.1) is 11.8 Å². The average molecular weight is 181 g/mol. The van der Waals surface area contributed by atoms with E-state index in [0.717, 1.165) is 11.8 Å². The molecule has 1 aliphatic carbocycles. The summed E-state index contributed by atoms with van der Waals surface area (Å²) < 4.78 is 0. The monoisotopic (exact) mass is 181 g/mol. The van der Waals surface area contributed by atoms with Gasteiger partial charge in [0.2, 0.25) is 0 Å². The minimum Gasteiger partial charge on any atom is -0.311 e. The molecule has 0 spiro atoms. The van der Waals surface area contributed by atoms with Crippen LogP contribution in [0.25, 0.3) is 0 Å². The first kappa shape index (κ1) is 9.51. The zero-order valence-electron chi connectivity index (χ0n) is 9.10. The maximum Gasteiger partial charge on any atom is 0.0207 e.